The van der Waals surface area contributed by atoms with Gasteiger partial charge in [-0.1, -0.05) is 32.4 Å². The highest BCUT2D eigenvalue weighted by molar-refractivity contribution is 9.10. The Hall–Kier alpha value is -2.14. The molecular weight excluding hydrogens is 418 g/mol. The van der Waals surface area contributed by atoms with Gasteiger partial charge in [0.05, 0.1) is 24.8 Å². The number of carbonyl (C=O) groups is 2. The number of amides is 1. The number of halogens is 1. The van der Waals surface area contributed by atoms with Crippen LogP contribution in [0.2, 0.25) is 0 Å². The molecule has 4 rings (SSSR count). The molecule has 1 saturated carbocycles. The molecule has 0 bridgehead atoms. The second-order valence-electron chi connectivity index (χ2n) is 7.09. The quantitative estimate of drug-likeness (QED) is 0.573. The largest absolute Gasteiger partial charge is 0.497 e. The number of carbonyl (C=O) groups excluding carboxylic acids is 2. The van der Waals surface area contributed by atoms with Gasteiger partial charge in [0.25, 0.3) is 0 Å². The van der Waals surface area contributed by atoms with E-state index in [-0.39, 0.29) is 11.7 Å². The lowest BCUT2D eigenvalue weighted by atomic mass is 9.65. The van der Waals surface area contributed by atoms with E-state index in [4.69, 9.17) is 4.74 Å². The van der Waals surface area contributed by atoms with Crippen molar-refractivity contribution in [3.8, 4) is 5.75 Å². The average molecular weight is 444 g/mol. The molecule has 0 aromatic heterocycles. The first-order valence-corrected chi connectivity index (χ1v) is 10.6. The Morgan fingerprint density at radius 2 is 1.82 bits per heavy atom. The second kappa shape index (κ2) is 8.08. The van der Waals surface area contributed by atoms with Crippen LogP contribution in [0.4, 0.5) is 5.69 Å². The van der Waals surface area contributed by atoms with Gasteiger partial charge in [-0.05, 0) is 71.1 Å². The number of nitrogens with zero attached hydrogens (tertiary/aromatic N) is 1. The standard InChI is InChI=1S/C21H20BrNO3.C2H6/c1-13(24)15-10-17-19(18(22)11-15)23(20(25)21(17)8-3-9-21)12-14-4-6-16(26-2)7-5-14;1-2/h4-7,10-11H,3,8-9,12H2,1-2H3;1-2H3. The van der Waals surface area contributed by atoms with E-state index < -0.39 is 5.41 Å². The number of ketones is 1. The third kappa shape index (κ3) is 3.26. The fourth-order valence-corrected chi connectivity index (χ4v) is 4.67. The molecule has 1 aliphatic carbocycles. The van der Waals surface area contributed by atoms with E-state index in [0.717, 1.165) is 46.3 Å². The number of Topliss-reactive ketones (excluding diaryl/α,β-unsaturated/α-hetero) is 1. The average Bonchev–Trinajstić information content (AvgIpc) is 2.92. The van der Waals surface area contributed by atoms with E-state index in [9.17, 15) is 9.59 Å². The molecule has 1 amide bonds. The van der Waals surface area contributed by atoms with Gasteiger partial charge in [-0.3, -0.25) is 9.59 Å². The van der Waals surface area contributed by atoms with Gasteiger partial charge >= 0.3 is 0 Å². The van der Waals surface area contributed by atoms with Gasteiger partial charge in [-0.25, -0.2) is 0 Å². The molecule has 0 N–H and O–H groups in total. The Morgan fingerprint density at radius 3 is 2.32 bits per heavy atom. The highest BCUT2D eigenvalue weighted by Crippen LogP contribution is 2.56. The van der Waals surface area contributed by atoms with Crippen LogP contribution in [0, 0.1) is 0 Å². The Bertz CT molecular complexity index is 901. The maximum absolute atomic E-state index is 13.3. The Labute approximate surface area is 175 Å². The summed E-state index contributed by atoms with van der Waals surface area (Å²) in [6.45, 7) is 6.07. The summed E-state index contributed by atoms with van der Waals surface area (Å²) in [5.41, 5.74) is 3.16. The zero-order valence-corrected chi connectivity index (χ0v) is 18.4. The van der Waals surface area contributed by atoms with Crippen LogP contribution in [0.3, 0.4) is 0 Å². The monoisotopic (exact) mass is 443 g/mol. The van der Waals surface area contributed by atoms with Gasteiger partial charge in [0.15, 0.2) is 5.78 Å². The molecule has 1 heterocycles. The molecule has 0 saturated heterocycles. The van der Waals surface area contributed by atoms with Crippen LogP contribution in [0.5, 0.6) is 5.75 Å². The minimum absolute atomic E-state index is 0.0176. The molecule has 4 nitrogen and oxygen atoms in total. The van der Waals surface area contributed by atoms with Crippen LogP contribution in [0.1, 0.15) is 61.5 Å². The Kier molecular flexibility index (Phi) is 5.94. The number of hydrogen-bond donors (Lipinski definition) is 0. The summed E-state index contributed by atoms with van der Waals surface area (Å²) in [7, 11) is 1.64. The highest BCUT2D eigenvalue weighted by Gasteiger charge is 2.55. The lowest BCUT2D eigenvalue weighted by molar-refractivity contribution is -0.126. The predicted octanol–water partition coefficient (Wildman–Crippen LogP) is 5.66. The molecule has 0 unspecified atom stereocenters. The van der Waals surface area contributed by atoms with Crippen LogP contribution in [-0.2, 0) is 16.8 Å². The molecule has 148 valence electrons. The summed E-state index contributed by atoms with van der Waals surface area (Å²) in [5, 5.41) is 0. The van der Waals surface area contributed by atoms with Crippen molar-refractivity contribution in [3.63, 3.8) is 0 Å². The first-order chi connectivity index (χ1) is 13.5. The summed E-state index contributed by atoms with van der Waals surface area (Å²) in [4.78, 5) is 27.1. The first-order valence-electron chi connectivity index (χ1n) is 9.76. The van der Waals surface area contributed by atoms with Gasteiger partial charge in [0.1, 0.15) is 5.75 Å². The summed E-state index contributed by atoms with van der Waals surface area (Å²) >= 11 is 3.61. The van der Waals surface area contributed by atoms with E-state index in [0.29, 0.717) is 12.1 Å². The van der Waals surface area contributed by atoms with Gasteiger partial charge in [-0.2, -0.15) is 0 Å². The van der Waals surface area contributed by atoms with E-state index >= 15 is 0 Å². The fourth-order valence-electron chi connectivity index (χ4n) is 3.99. The van der Waals surface area contributed by atoms with Crippen LogP contribution >= 0.6 is 15.9 Å². The number of fused-ring (bicyclic) bond motifs is 2. The van der Waals surface area contributed by atoms with Crippen LogP contribution in [-0.4, -0.2) is 18.8 Å². The fraction of sp³-hybridized carbons (Fsp3) is 0.391. The van der Waals surface area contributed by atoms with Gasteiger partial charge in [0.2, 0.25) is 5.91 Å². The predicted molar refractivity (Wildman–Crippen MR) is 115 cm³/mol. The number of anilines is 1. The first kappa shape index (κ1) is 20.6. The molecule has 2 aromatic carbocycles. The third-order valence-corrected chi connectivity index (χ3v) is 6.22. The molecule has 5 heteroatoms. The van der Waals surface area contributed by atoms with Crippen molar-refractivity contribution in [2.24, 2.45) is 0 Å². The zero-order chi connectivity index (χ0) is 20.5. The second-order valence-corrected chi connectivity index (χ2v) is 7.94. The van der Waals surface area contributed by atoms with Crippen molar-refractivity contribution in [3.05, 3.63) is 57.6 Å². The summed E-state index contributed by atoms with van der Waals surface area (Å²) in [5.74, 6) is 0.963. The van der Waals surface area contributed by atoms with Crippen molar-refractivity contribution >= 4 is 33.3 Å². The number of rotatable bonds is 4. The lowest BCUT2D eigenvalue weighted by Crippen LogP contribution is -2.44. The van der Waals surface area contributed by atoms with Gasteiger partial charge < -0.3 is 9.64 Å². The molecule has 1 aliphatic heterocycles. The van der Waals surface area contributed by atoms with Crippen LogP contribution in [0.15, 0.2) is 40.9 Å². The van der Waals surface area contributed by atoms with Crippen molar-refractivity contribution < 1.29 is 14.3 Å². The minimum atomic E-state index is -0.449. The SMILES string of the molecule is CC.COc1ccc(CN2C(=O)C3(CCC3)c3cc(C(C)=O)cc(Br)c32)cc1. The summed E-state index contributed by atoms with van der Waals surface area (Å²) in [6.07, 6.45) is 2.75. The van der Waals surface area contributed by atoms with Crippen LogP contribution in [0.25, 0.3) is 0 Å². The molecule has 2 aromatic rings. The van der Waals surface area contributed by atoms with E-state index in [1.54, 1.807) is 14.0 Å². The molecule has 1 spiro atoms. The van der Waals surface area contributed by atoms with E-state index in [1.807, 2.05) is 55.1 Å². The topological polar surface area (TPSA) is 46.6 Å². The lowest BCUT2D eigenvalue weighted by Gasteiger charge is -2.37. The zero-order valence-electron chi connectivity index (χ0n) is 16.8. The molecular formula is C23H26BrNO3. The number of hydrogen-bond acceptors (Lipinski definition) is 3. The van der Waals surface area contributed by atoms with Gasteiger partial charge in [-0.15, -0.1) is 0 Å². The van der Waals surface area contributed by atoms with Crippen molar-refractivity contribution in [1.82, 2.24) is 0 Å². The number of methoxy groups -OCH3 is 1. The molecule has 0 radical (unpaired) electrons. The highest BCUT2D eigenvalue weighted by atomic mass is 79.9. The normalized spacial score (nSPS) is 16.2. The molecule has 0 atom stereocenters. The van der Waals surface area contributed by atoms with Crippen molar-refractivity contribution in [2.75, 3.05) is 12.0 Å². The van der Waals surface area contributed by atoms with Crippen LogP contribution < -0.4 is 9.64 Å². The number of benzene rings is 2. The maximum Gasteiger partial charge on any atom is 0.238 e. The molecule has 28 heavy (non-hydrogen) atoms. The number of ether oxygens (including phenoxy) is 1. The maximum atomic E-state index is 13.3. The smallest absolute Gasteiger partial charge is 0.238 e. The van der Waals surface area contributed by atoms with E-state index in [2.05, 4.69) is 15.9 Å². The Morgan fingerprint density at radius 1 is 1.18 bits per heavy atom. The molecule has 1 fully saturated rings. The minimum Gasteiger partial charge on any atom is -0.497 e. The van der Waals surface area contributed by atoms with Gasteiger partial charge in [0, 0.05) is 10.0 Å². The Balaban J connectivity index is 0.00000109. The van der Waals surface area contributed by atoms with Crippen molar-refractivity contribution in [1.29, 1.82) is 0 Å². The molecule has 2 aliphatic rings. The third-order valence-electron chi connectivity index (χ3n) is 5.62. The van der Waals surface area contributed by atoms with Crippen molar-refractivity contribution in [2.45, 2.75) is 52.0 Å². The summed E-state index contributed by atoms with van der Waals surface area (Å²) in [6, 6.07) is 11.5. The van der Waals surface area contributed by atoms with E-state index in [1.165, 1.54) is 0 Å². The summed E-state index contributed by atoms with van der Waals surface area (Å²) < 4.78 is 6.02.